The molecule has 0 unspecified atom stereocenters. The summed E-state index contributed by atoms with van der Waals surface area (Å²) in [6.07, 6.45) is 0.940. The maximum absolute atomic E-state index is 12.2. The van der Waals surface area contributed by atoms with Gasteiger partial charge in [0.1, 0.15) is 5.69 Å². The molecule has 25 heavy (non-hydrogen) atoms. The first-order valence-corrected chi connectivity index (χ1v) is 9.46. The van der Waals surface area contributed by atoms with Crippen LogP contribution < -0.4 is 5.32 Å². The largest absolute Gasteiger partial charge is 0.462 e. The number of carbonyl (C=O) groups excluding carboxylic acids is 1. The van der Waals surface area contributed by atoms with Gasteiger partial charge in [0.15, 0.2) is 5.13 Å². The van der Waals surface area contributed by atoms with Crippen LogP contribution in [0.3, 0.4) is 0 Å². The second-order valence-corrected chi connectivity index (χ2v) is 6.95. The molecule has 0 amide bonds. The van der Waals surface area contributed by atoms with Crippen LogP contribution in [0.25, 0.3) is 11.4 Å². The summed E-state index contributed by atoms with van der Waals surface area (Å²) in [5.41, 5.74) is 4.07. The van der Waals surface area contributed by atoms with Crippen molar-refractivity contribution in [2.75, 3.05) is 31.7 Å². The van der Waals surface area contributed by atoms with Crippen molar-refractivity contribution in [2.45, 2.75) is 41.0 Å². The van der Waals surface area contributed by atoms with Crippen molar-refractivity contribution in [2.24, 2.45) is 0 Å². The monoisotopic (exact) mass is 365 g/mol. The van der Waals surface area contributed by atoms with Gasteiger partial charge in [-0.05, 0) is 46.6 Å². The average Bonchev–Trinajstić information content (AvgIpc) is 3.06. The van der Waals surface area contributed by atoms with E-state index in [4.69, 9.17) is 14.5 Å². The minimum atomic E-state index is -0.290. The number of hydrogen-bond acceptors (Lipinski definition) is 6. The lowest BCUT2D eigenvalue weighted by Gasteiger charge is -2.03. The number of nitrogens with zero attached hydrogens (tertiary/aromatic N) is 1. The third-order valence-corrected chi connectivity index (χ3v) is 4.82. The van der Waals surface area contributed by atoms with Gasteiger partial charge in [-0.25, -0.2) is 9.78 Å². The topological polar surface area (TPSA) is 76.2 Å². The lowest BCUT2D eigenvalue weighted by Crippen LogP contribution is -2.06. The molecule has 0 fully saturated rings. The number of aromatic amines is 1. The molecule has 2 aromatic rings. The van der Waals surface area contributed by atoms with Crippen LogP contribution in [0.2, 0.25) is 0 Å². The molecular formula is C18H27N3O3S. The Hall–Kier alpha value is -1.86. The SMILES string of the molecule is CCOCCCNc1nc(-c2[nH]c(C)c(C(=O)OCC)c2C)c(C)s1. The van der Waals surface area contributed by atoms with E-state index >= 15 is 0 Å². The Balaban J connectivity index is 2.16. The molecule has 0 saturated heterocycles. The molecule has 2 heterocycles. The molecule has 0 aliphatic rings. The maximum atomic E-state index is 12.2. The lowest BCUT2D eigenvalue weighted by atomic mass is 10.1. The number of esters is 1. The molecule has 2 rings (SSSR count). The highest BCUT2D eigenvalue weighted by Gasteiger charge is 2.22. The van der Waals surface area contributed by atoms with Crippen LogP contribution in [-0.2, 0) is 9.47 Å². The molecule has 0 atom stereocenters. The summed E-state index contributed by atoms with van der Waals surface area (Å²) in [7, 11) is 0. The highest BCUT2D eigenvalue weighted by atomic mass is 32.1. The maximum Gasteiger partial charge on any atom is 0.340 e. The van der Waals surface area contributed by atoms with Crippen molar-refractivity contribution in [3.63, 3.8) is 0 Å². The van der Waals surface area contributed by atoms with E-state index in [1.54, 1.807) is 11.3 Å². The van der Waals surface area contributed by atoms with Gasteiger partial charge < -0.3 is 19.8 Å². The van der Waals surface area contributed by atoms with Crippen LogP contribution in [0.4, 0.5) is 5.13 Å². The number of rotatable bonds is 9. The number of hydrogen-bond donors (Lipinski definition) is 2. The van der Waals surface area contributed by atoms with E-state index in [9.17, 15) is 4.79 Å². The fraction of sp³-hybridized carbons (Fsp3) is 0.556. The zero-order valence-electron chi connectivity index (χ0n) is 15.6. The third kappa shape index (κ3) is 4.61. The number of aryl methyl sites for hydroxylation is 2. The standard InChI is InChI=1S/C18H27N3O3S/c1-6-23-10-8-9-19-18-21-16(13(5)25-18)15-11(3)14(12(4)20-15)17(22)24-7-2/h20H,6-10H2,1-5H3,(H,19,21). The Morgan fingerprint density at radius 2 is 2.00 bits per heavy atom. The number of carbonyl (C=O) groups is 1. The Bertz CT molecular complexity index is 721. The van der Waals surface area contributed by atoms with Crippen LogP contribution in [0.15, 0.2) is 0 Å². The van der Waals surface area contributed by atoms with Crippen LogP contribution in [0.1, 0.15) is 46.8 Å². The second kappa shape index (κ2) is 9.01. The second-order valence-electron chi connectivity index (χ2n) is 5.75. The Morgan fingerprint density at radius 1 is 1.24 bits per heavy atom. The summed E-state index contributed by atoms with van der Waals surface area (Å²) in [6, 6.07) is 0. The molecule has 0 aliphatic heterocycles. The van der Waals surface area contributed by atoms with Gasteiger partial charge in [0, 0.05) is 30.3 Å². The summed E-state index contributed by atoms with van der Waals surface area (Å²) in [4.78, 5) is 21.3. The van der Waals surface area contributed by atoms with Gasteiger partial charge in [-0.2, -0.15) is 0 Å². The molecular weight excluding hydrogens is 338 g/mol. The van der Waals surface area contributed by atoms with E-state index in [2.05, 4.69) is 10.3 Å². The summed E-state index contributed by atoms with van der Waals surface area (Å²) in [6.45, 7) is 12.3. The van der Waals surface area contributed by atoms with Gasteiger partial charge in [0.25, 0.3) is 0 Å². The van der Waals surface area contributed by atoms with E-state index in [0.717, 1.165) is 58.8 Å². The highest BCUT2D eigenvalue weighted by molar-refractivity contribution is 7.16. The molecule has 138 valence electrons. The van der Waals surface area contributed by atoms with E-state index in [1.807, 2.05) is 34.6 Å². The summed E-state index contributed by atoms with van der Waals surface area (Å²) in [5.74, 6) is -0.290. The van der Waals surface area contributed by atoms with E-state index < -0.39 is 0 Å². The van der Waals surface area contributed by atoms with Gasteiger partial charge >= 0.3 is 5.97 Å². The third-order valence-electron chi connectivity index (χ3n) is 3.90. The van der Waals surface area contributed by atoms with Gasteiger partial charge in [-0.15, -0.1) is 11.3 Å². The predicted octanol–water partition coefficient (Wildman–Crippen LogP) is 4.08. The molecule has 6 nitrogen and oxygen atoms in total. The molecule has 2 N–H and O–H groups in total. The molecule has 0 radical (unpaired) electrons. The number of thiazole rings is 1. The van der Waals surface area contributed by atoms with Crippen molar-refractivity contribution >= 4 is 22.4 Å². The van der Waals surface area contributed by atoms with Crippen molar-refractivity contribution in [1.82, 2.24) is 9.97 Å². The molecule has 2 aromatic heterocycles. The van der Waals surface area contributed by atoms with Crippen molar-refractivity contribution in [3.8, 4) is 11.4 Å². The fourth-order valence-electron chi connectivity index (χ4n) is 2.71. The number of aromatic nitrogens is 2. The first-order chi connectivity index (χ1) is 12.0. The Labute approximate surface area is 153 Å². The number of nitrogens with one attached hydrogen (secondary N) is 2. The number of anilines is 1. The molecule has 0 aromatic carbocycles. The number of ether oxygens (including phenoxy) is 2. The first-order valence-electron chi connectivity index (χ1n) is 8.65. The van der Waals surface area contributed by atoms with Gasteiger partial charge in [-0.3, -0.25) is 0 Å². The summed E-state index contributed by atoms with van der Waals surface area (Å²) < 4.78 is 10.5. The normalized spacial score (nSPS) is 10.9. The minimum Gasteiger partial charge on any atom is -0.462 e. The zero-order valence-corrected chi connectivity index (χ0v) is 16.4. The van der Waals surface area contributed by atoms with Crippen LogP contribution in [-0.4, -0.2) is 42.3 Å². The summed E-state index contributed by atoms with van der Waals surface area (Å²) >= 11 is 1.62. The molecule has 7 heteroatoms. The summed E-state index contributed by atoms with van der Waals surface area (Å²) in [5, 5.41) is 4.22. The van der Waals surface area contributed by atoms with Gasteiger partial charge in [-0.1, -0.05) is 0 Å². The van der Waals surface area contributed by atoms with Crippen molar-refractivity contribution in [3.05, 3.63) is 21.7 Å². The van der Waals surface area contributed by atoms with Crippen LogP contribution in [0.5, 0.6) is 0 Å². The van der Waals surface area contributed by atoms with Gasteiger partial charge in [0.2, 0.25) is 0 Å². The quantitative estimate of drug-likeness (QED) is 0.517. The fourth-order valence-corrected chi connectivity index (χ4v) is 3.56. The van der Waals surface area contributed by atoms with Crippen LogP contribution >= 0.6 is 11.3 Å². The average molecular weight is 365 g/mol. The van der Waals surface area contributed by atoms with E-state index in [0.29, 0.717) is 12.2 Å². The van der Waals surface area contributed by atoms with E-state index in [1.165, 1.54) is 0 Å². The van der Waals surface area contributed by atoms with E-state index in [-0.39, 0.29) is 5.97 Å². The van der Waals surface area contributed by atoms with Crippen LogP contribution in [0, 0.1) is 20.8 Å². The molecule has 0 aliphatic carbocycles. The van der Waals surface area contributed by atoms with Crippen molar-refractivity contribution in [1.29, 1.82) is 0 Å². The highest BCUT2D eigenvalue weighted by Crippen LogP contribution is 2.34. The lowest BCUT2D eigenvalue weighted by molar-refractivity contribution is 0.0525. The van der Waals surface area contributed by atoms with Crippen molar-refractivity contribution < 1.29 is 14.3 Å². The Kier molecular flexibility index (Phi) is 7.01. The predicted molar refractivity (Wildman–Crippen MR) is 102 cm³/mol. The Morgan fingerprint density at radius 3 is 2.68 bits per heavy atom. The molecule has 0 spiro atoms. The zero-order chi connectivity index (χ0) is 18.4. The smallest absolute Gasteiger partial charge is 0.340 e. The number of H-pyrrole nitrogens is 1. The van der Waals surface area contributed by atoms with Gasteiger partial charge in [0.05, 0.1) is 17.9 Å². The first kappa shape index (κ1) is 19.5. The molecule has 0 bridgehead atoms. The minimum absolute atomic E-state index is 0.290. The molecule has 0 saturated carbocycles.